The van der Waals surface area contributed by atoms with Gasteiger partial charge in [0, 0.05) is 6.20 Å². The van der Waals surface area contributed by atoms with E-state index in [1.54, 1.807) is 44.2 Å². The number of carbonyl (C=O) groups is 3. The van der Waals surface area contributed by atoms with E-state index in [1.165, 1.54) is 12.3 Å². The molecule has 1 aromatic carbocycles. The lowest BCUT2D eigenvalue weighted by Crippen LogP contribution is -2.47. The molecule has 0 saturated carbocycles. The van der Waals surface area contributed by atoms with E-state index in [0.29, 0.717) is 12.2 Å². The third-order valence-electron chi connectivity index (χ3n) is 4.40. The number of pyridine rings is 1. The summed E-state index contributed by atoms with van der Waals surface area (Å²) in [6, 6.07) is 10.8. The summed E-state index contributed by atoms with van der Waals surface area (Å²) in [4.78, 5) is 41.6. The molecule has 31 heavy (non-hydrogen) atoms. The summed E-state index contributed by atoms with van der Waals surface area (Å²) in [5, 5.41) is 5.27. The lowest BCUT2D eigenvalue weighted by molar-refractivity contribution is -0.139. The van der Waals surface area contributed by atoms with Crippen molar-refractivity contribution in [1.82, 2.24) is 15.6 Å². The molecular formula is C22H23N3O6. The van der Waals surface area contributed by atoms with E-state index < -0.39 is 24.0 Å². The minimum atomic E-state index is -0.750. The van der Waals surface area contributed by atoms with Crippen molar-refractivity contribution < 1.29 is 28.6 Å². The molecule has 2 N–H and O–H groups in total. The first-order valence-electron chi connectivity index (χ1n) is 9.82. The van der Waals surface area contributed by atoms with E-state index in [0.717, 1.165) is 0 Å². The molecule has 0 bridgehead atoms. The van der Waals surface area contributed by atoms with Crippen LogP contribution in [0.5, 0.6) is 5.88 Å². The third-order valence-corrected chi connectivity index (χ3v) is 4.40. The van der Waals surface area contributed by atoms with Gasteiger partial charge in [0.25, 0.3) is 0 Å². The molecule has 0 spiro atoms. The van der Waals surface area contributed by atoms with Gasteiger partial charge in [0.1, 0.15) is 12.2 Å². The summed E-state index contributed by atoms with van der Waals surface area (Å²) in [6.07, 6.45) is 1.50. The highest BCUT2D eigenvalue weighted by Gasteiger charge is 2.34. The second-order valence-electron chi connectivity index (χ2n) is 6.42. The zero-order valence-corrected chi connectivity index (χ0v) is 17.2. The molecule has 0 saturated heterocycles. The maximum atomic E-state index is 12.7. The molecular weight excluding hydrogens is 402 g/mol. The number of esters is 2. The molecule has 2 heterocycles. The fourth-order valence-electron chi connectivity index (χ4n) is 3.09. The van der Waals surface area contributed by atoms with Crippen LogP contribution in [-0.2, 0) is 14.3 Å². The zero-order valence-electron chi connectivity index (χ0n) is 17.2. The minimum absolute atomic E-state index is 0.141. The van der Waals surface area contributed by atoms with Gasteiger partial charge in [-0.1, -0.05) is 30.3 Å². The van der Waals surface area contributed by atoms with Gasteiger partial charge < -0.3 is 24.8 Å². The number of ether oxygens (including phenoxy) is 3. The van der Waals surface area contributed by atoms with Crippen LogP contribution in [0.4, 0.5) is 4.79 Å². The Kier molecular flexibility index (Phi) is 7.21. The van der Waals surface area contributed by atoms with Crippen LogP contribution in [0, 0.1) is 0 Å². The third kappa shape index (κ3) is 5.19. The van der Waals surface area contributed by atoms with Crippen molar-refractivity contribution in [2.45, 2.75) is 19.9 Å². The van der Waals surface area contributed by atoms with Gasteiger partial charge in [0.15, 0.2) is 0 Å². The highest BCUT2D eigenvalue weighted by Crippen LogP contribution is 2.28. The molecule has 1 aliphatic rings. The van der Waals surface area contributed by atoms with Gasteiger partial charge in [-0.2, -0.15) is 0 Å². The molecule has 9 nitrogen and oxygen atoms in total. The molecule has 0 fully saturated rings. The predicted molar refractivity (Wildman–Crippen MR) is 110 cm³/mol. The largest absolute Gasteiger partial charge is 0.477 e. The van der Waals surface area contributed by atoms with Crippen LogP contribution in [0.1, 0.15) is 35.8 Å². The van der Waals surface area contributed by atoms with Crippen LogP contribution in [0.25, 0.3) is 0 Å². The number of carbonyl (C=O) groups excluding carboxylic acids is 3. The lowest BCUT2D eigenvalue weighted by Gasteiger charge is -2.29. The number of urea groups is 1. The number of hydrogen-bond acceptors (Lipinski definition) is 7. The minimum Gasteiger partial charge on any atom is -0.477 e. The highest BCUT2D eigenvalue weighted by atomic mass is 16.5. The number of benzene rings is 1. The van der Waals surface area contributed by atoms with Crippen molar-refractivity contribution in [2.24, 2.45) is 0 Å². The summed E-state index contributed by atoms with van der Waals surface area (Å²) >= 11 is 0. The maximum absolute atomic E-state index is 12.7. The van der Waals surface area contributed by atoms with Crippen LogP contribution in [0.2, 0.25) is 0 Å². The quantitative estimate of drug-likeness (QED) is 0.624. The summed E-state index contributed by atoms with van der Waals surface area (Å²) in [5.74, 6) is -1.17. The first-order valence-corrected chi connectivity index (χ1v) is 9.82. The first-order chi connectivity index (χ1) is 15.0. The molecule has 1 atom stereocenters. The van der Waals surface area contributed by atoms with Crippen LogP contribution < -0.4 is 15.4 Å². The van der Waals surface area contributed by atoms with Crippen molar-refractivity contribution in [3.8, 4) is 5.88 Å². The summed E-state index contributed by atoms with van der Waals surface area (Å²) < 4.78 is 15.9. The summed E-state index contributed by atoms with van der Waals surface area (Å²) in [6.45, 7) is 3.59. The van der Waals surface area contributed by atoms with Gasteiger partial charge >= 0.3 is 18.0 Å². The van der Waals surface area contributed by atoms with E-state index in [1.807, 2.05) is 6.07 Å². The Bertz CT molecular complexity index is 990. The maximum Gasteiger partial charge on any atom is 0.344 e. The highest BCUT2D eigenvalue weighted by molar-refractivity contribution is 5.96. The smallest absolute Gasteiger partial charge is 0.344 e. The molecule has 2 aromatic rings. The molecule has 9 heteroatoms. The van der Waals surface area contributed by atoms with Gasteiger partial charge in [-0.15, -0.1) is 0 Å². The number of hydrogen-bond donors (Lipinski definition) is 2. The van der Waals surface area contributed by atoms with E-state index in [4.69, 9.17) is 14.2 Å². The molecule has 0 unspecified atom stereocenters. The second-order valence-corrected chi connectivity index (χ2v) is 6.42. The van der Waals surface area contributed by atoms with Crippen LogP contribution in [0.3, 0.4) is 0 Å². The van der Waals surface area contributed by atoms with Crippen molar-refractivity contribution in [2.75, 3.05) is 19.8 Å². The van der Waals surface area contributed by atoms with Gasteiger partial charge in [0.2, 0.25) is 5.88 Å². The number of aromatic nitrogens is 1. The average molecular weight is 425 g/mol. The predicted octanol–water partition coefficient (Wildman–Crippen LogP) is 2.51. The Hall–Kier alpha value is -3.88. The fourth-order valence-corrected chi connectivity index (χ4v) is 3.09. The Balaban J connectivity index is 1.90. The van der Waals surface area contributed by atoms with E-state index in [9.17, 15) is 14.4 Å². The average Bonchev–Trinajstić information content (AvgIpc) is 2.78. The standard InChI is InChI=1S/C22H23N3O6/c1-3-29-19-15(11-8-12-23-19)20(26)31-13-16-17(21(27)30-4-2)18(25-22(28)24-16)14-9-6-5-7-10-14/h5-12,18H,3-4,13H2,1-2H3,(H2,24,25,28)/t18-/m0/s1. The monoisotopic (exact) mass is 425 g/mol. The van der Waals surface area contributed by atoms with Gasteiger partial charge in [-0.3, -0.25) is 0 Å². The van der Waals surface area contributed by atoms with Crippen molar-refractivity contribution in [3.63, 3.8) is 0 Å². The molecule has 0 radical (unpaired) electrons. The molecule has 3 rings (SSSR count). The Morgan fingerprint density at radius 3 is 2.48 bits per heavy atom. The molecule has 1 aliphatic heterocycles. The number of nitrogens with one attached hydrogen (secondary N) is 2. The summed E-state index contributed by atoms with van der Waals surface area (Å²) in [5.41, 5.74) is 1.14. The zero-order chi connectivity index (χ0) is 22.2. The number of amides is 2. The first kappa shape index (κ1) is 21.8. The van der Waals surface area contributed by atoms with E-state index in [-0.39, 0.29) is 35.9 Å². The fraction of sp³-hybridized carbons (Fsp3) is 0.273. The van der Waals surface area contributed by atoms with Gasteiger partial charge in [0.05, 0.1) is 30.5 Å². The molecule has 1 aromatic heterocycles. The van der Waals surface area contributed by atoms with Crippen molar-refractivity contribution in [3.05, 3.63) is 71.1 Å². The Morgan fingerprint density at radius 2 is 1.77 bits per heavy atom. The van der Waals surface area contributed by atoms with E-state index in [2.05, 4.69) is 15.6 Å². The summed E-state index contributed by atoms with van der Waals surface area (Å²) in [7, 11) is 0. The number of nitrogens with zero attached hydrogens (tertiary/aromatic N) is 1. The topological polar surface area (TPSA) is 116 Å². The van der Waals surface area contributed by atoms with Gasteiger partial charge in [-0.05, 0) is 31.5 Å². The number of rotatable bonds is 8. The van der Waals surface area contributed by atoms with E-state index >= 15 is 0 Å². The van der Waals surface area contributed by atoms with Gasteiger partial charge in [-0.25, -0.2) is 19.4 Å². The van der Waals surface area contributed by atoms with Crippen LogP contribution in [-0.4, -0.2) is 42.8 Å². The lowest BCUT2D eigenvalue weighted by atomic mass is 9.95. The molecule has 162 valence electrons. The molecule has 2 amide bonds. The molecule has 0 aliphatic carbocycles. The normalized spacial score (nSPS) is 15.5. The van der Waals surface area contributed by atoms with Crippen LogP contribution >= 0.6 is 0 Å². The SMILES string of the molecule is CCOC(=O)C1=C(COC(=O)c2cccnc2OCC)NC(=O)N[C@H]1c1ccccc1. The Labute approximate surface area is 179 Å². The van der Waals surface area contributed by atoms with Crippen molar-refractivity contribution in [1.29, 1.82) is 0 Å². The van der Waals surface area contributed by atoms with Crippen LogP contribution in [0.15, 0.2) is 59.9 Å². The Morgan fingerprint density at radius 1 is 1.00 bits per heavy atom. The second kappa shape index (κ2) is 10.2. The van der Waals surface area contributed by atoms with Crippen molar-refractivity contribution >= 4 is 18.0 Å².